The van der Waals surface area contributed by atoms with Crippen LogP contribution in [-0.4, -0.2) is 17.9 Å². The maximum atomic E-state index is 12.5. The number of anilines is 1. The van der Waals surface area contributed by atoms with E-state index in [2.05, 4.69) is 0 Å². The maximum Gasteiger partial charge on any atom is 0.266 e. The Labute approximate surface area is 128 Å². The highest BCUT2D eigenvalue weighted by Crippen LogP contribution is 2.31. The zero-order chi connectivity index (χ0) is 15.3. The number of fused-ring (bicyclic) bond motifs is 2. The van der Waals surface area contributed by atoms with Gasteiger partial charge in [0, 0.05) is 6.04 Å². The standard InChI is InChI=1S/C18H16N2O2/c19-13-7-5-12-10-14(8-6-11(12)9-13)20-17(21)15-3-1-2-4-16(15)18(20)22/h1-4,6,8,10,13H,5,7,9,19H2. The molecule has 0 bridgehead atoms. The predicted molar refractivity (Wildman–Crippen MR) is 84.0 cm³/mol. The fraction of sp³-hybridized carbons (Fsp3) is 0.222. The van der Waals surface area contributed by atoms with E-state index in [1.165, 1.54) is 16.0 Å². The van der Waals surface area contributed by atoms with E-state index in [4.69, 9.17) is 5.73 Å². The Bertz CT molecular complexity index is 762. The van der Waals surface area contributed by atoms with Gasteiger partial charge in [0.2, 0.25) is 0 Å². The molecule has 2 amide bonds. The van der Waals surface area contributed by atoms with E-state index in [0.717, 1.165) is 19.3 Å². The van der Waals surface area contributed by atoms with E-state index in [-0.39, 0.29) is 17.9 Å². The van der Waals surface area contributed by atoms with Gasteiger partial charge in [-0.2, -0.15) is 0 Å². The summed E-state index contributed by atoms with van der Waals surface area (Å²) in [6.45, 7) is 0. The number of nitrogens with two attached hydrogens (primary N) is 1. The van der Waals surface area contributed by atoms with Crippen LogP contribution in [0.4, 0.5) is 5.69 Å². The molecule has 0 saturated heterocycles. The number of aryl methyl sites for hydroxylation is 1. The molecule has 0 radical (unpaired) electrons. The minimum Gasteiger partial charge on any atom is -0.327 e. The van der Waals surface area contributed by atoms with Gasteiger partial charge in [-0.15, -0.1) is 0 Å². The summed E-state index contributed by atoms with van der Waals surface area (Å²) in [5.74, 6) is -0.485. The lowest BCUT2D eigenvalue weighted by Crippen LogP contribution is -2.31. The van der Waals surface area contributed by atoms with Crippen LogP contribution in [0.1, 0.15) is 38.3 Å². The van der Waals surface area contributed by atoms with Crippen LogP contribution in [0.15, 0.2) is 42.5 Å². The number of hydrogen-bond donors (Lipinski definition) is 1. The van der Waals surface area contributed by atoms with Crippen molar-refractivity contribution in [2.75, 3.05) is 4.90 Å². The summed E-state index contributed by atoms with van der Waals surface area (Å²) in [6, 6.07) is 13.0. The Kier molecular flexibility index (Phi) is 2.87. The van der Waals surface area contributed by atoms with Crippen molar-refractivity contribution in [1.29, 1.82) is 0 Å². The van der Waals surface area contributed by atoms with Crippen LogP contribution in [0.5, 0.6) is 0 Å². The smallest absolute Gasteiger partial charge is 0.266 e. The number of benzene rings is 2. The van der Waals surface area contributed by atoms with Gasteiger partial charge < -0.3 is 5.73 Å². The molecule has 1 unspecified atom stereocenters. The normalized spacial score (nSPS) is 20.0. The van der Waals surface area contributed by atoms with Crippen LogP contribution in [-0.2, 0) is 12.8 Å². The van der Waals surface area contributed by atoms with Crippen LogP contribution in [0.3, 0.4) is 0 Å². The molecular formula is C18H16N2O2. The Balaban J connectivity index is 1.75. The quantitative estimate of drug-likeness (QED) is 0.820. The van der Waals surface area contributed by atoms with Crippen LogP contribution >= 0.6 is 0 Å². The number of imide groups is 1. The van der Waals surface area contributed by atoms with E-state index in [0.29, 0.717) is 16.8 Å². The van der Waals surface area contributed by atoms with Crippen LogP contribution in [0.25, 0.3) is 0 Å². The molecular weight excluding hydrogens is 276 g/mol. The Morgan fingerprint density at radius 3 is 2.32 bits per heavy atom. The second kappa shape index (κ2) is 4.78. The third kappa shape index (κ3) is 1.88. The van der Waals surface area contributed by atoms with Crippen molar-refractivity contribution in [3.8, 4) is 0 Å². The van der Waals surface area contributed by atoms with Crippen molar-refractivity contribution in [2.45, 2.75) is 25.3 Å². The Morgan fingerprint density at radius 2 is 1.64 bits per heavy atom. The summed E-state index contributed by atoms with van der Waals surface area (Å²) in [6.07, 6.45) is 2.70. The molecule has 1 aliphatic carbocycles. The lowest BCUT2D eigenvalue weighted by Gasteiger charge is -2.23. The molecule has 110 valence electrons. The zero-order valence-corrected chi connectivity index (χ0v) is 12.1. The second-order valence-corrected chi connectivity index (χ2v) is 5.95. The van der Waals surface area contributed by atoms with Crippen LogP contribution < -0.4 is 10.6 Å². The summed E-state index contributed by atoms with van der Waals surface area (Å²) in [5, 5.41) is 0. The number of carbonyl (C=O) groups is 2. The molecule has 0 spiro atoms. The van der Waals surface area contributed by atoms with Gasteiger partial charge in [-0.1, -0.05) is 18.2 Å². The molecule has 4 rings (SSSR count). The fourth-order valence-electron chi connectivity index (χ4n) is 3.33. The fourth-order valence-corrected chi connectivity index (χ4v) is 3.33. The number of hydrogen-bond acceptors (Lipinski definition) is 3. The minimum absolute atomic E-state index is 0.206. The van der Waals surface area contributed by atoms with Gasteiger partial charge in [0.25, 0.3) is 11.8 Å². The highest BCUT2D eigenvalue weighted by molar-refractivity contribution is 6.34. The highest BCUT2D eigenvalue weighted by Gasteiger charge is 2.36. The van der Waals surface area contributed by atoms with E-state index in [9.17, 15) is 9.59 Å². The Morgan fingerprint density at radius 1 is 0.955 bits per heavy atom. The summed E-state index contributed by atoms with van der Waals surface area (Å²) >= 11 is 0. The summed E-state index contributed by atoms with van der Waals surface area (Å²) in [7, 11) is 0. The average molecular weight is 292 g/mol. The average Bonchev–Trinajstić information content (AvgIpc) is 2.79. The molecule has 2 aromatic carbocycles. The number of rotatable bonds is 1. The summed E-state index contributed by atoms with van der Waals surface area (Å²) in [4.78, 5) is 26.3. The van der Waals surface area contributed by atoms with Crippen LogP contribution in [0.2, 0.25) is 0 Å². The third-order valence-corrected chi connectivity index (χ3v) is 4.51. The van der Waals surface area contributed by atoms with Crippen molar-refractivity contribution in [2.24, 2.45) is 5.73 Å². The van der Waals surface area contributed by atoms with Gasteiger partial charge in [0.1, 0.15) is 0 Å². The molecule has 2 aliphatic rings. The van der Waals surface area contributed by atoms with Crippen molar-refractivity contribution in [1.82, 2.24) is 0 Å². The number of nitrogens with zero attached hydrogens (tertiary/aromatic N) is 1. The van der Waals surface area contributed by atoms with Crippen molar-refractivity contribution >= 4 is 17.5 Å². The molecule has 0 fully saturated rings. The summed E-state index contributed by atoms with van der Waals surface area (Å²) in [5.41, 5.74) is 10.0. The van der Waals surface area contributed by atoms with E-state index >= 15 is 0 Å². The second-order valence-electron chi connectivity index (χ2n) is 5.95. The molecule has 2 N–H and O–H groups in total. The van der Waals surface area contributed by atoms with Crippen LogP contribution in [0, 0.1) is 0 Å². The largest absolute Gasteiger partial charge is 0.327 e. The van der Waals surface area contributed by atoms with Gasteiger partial charge in [0.05, 0.1) is 16.8 Å². The Hall–Kier alpha value is -2.46. The first-order valence-electron chi connectivity index (χ1n) is 7.50. The van der Waals surface area contributed by atoms with Gasteiger partial charge >= 0.3 is 0 Å². The van der Waals surface area contributed by atoms with Gasteiger partial charge in [-0.3, -0.25) is 9.59 Å². The molecule has 1 heterocycles. The predicted octanol–water partition coefficient (Wildman–Crippen LogP) is 2.30. The van der Waals surface area contributed by atoms with Crippen molar-refractivity contribution in [3.05, 3.63) is 64.7 Å². The molecule has 1 aliphatic heterocycles. The van der Waals surface area contributed by atoms with E-state index in [1.807, 2.05) is 18.2 Å². The topological polar surface area (TPSA) is 63.4 Å². The van der Waals surface area contributed by atoms with Gasteiger partial charge in [-0.05, 0) is 54.7 Å². The molecule has 0 saturated carbocycles. The lowest BCUT2D eigenvalue weighted by atomic mass is 9.88. The van der Waals surface area contributed by atoms with E-state index in [1.54, 1.807) is 24.3 Å². The van der Waals surface area contributed by atoms with E-state index < -0.39 is 0 Å². The summed E-state index contributed by atoms with van der Waals surface area (Å²) < 4.78 is 0. The first-order valence-corrected chi connectivity index (χ1v) is 7.50. The number of amides is 2. The van der Waals surface area contributed by atoms with Crippen molar-refractivity contribution < 1.29 is 9.59 Å². The first kappa shape index (κ1) is 13.2. The highest BCUT2D eigenvalue weighted by atomic mass is 16.2. The monoisotopic (exact) mass is 292 g/mol. The molecule has 4 nitrogen and oxygen atoms in total. The van der Waals surface area contributed by atoms with Gasteiger partial charge in [-0.25, -0.2) is 4.90 Å². The minimum atomic E-state index is -0.243. The molecule has 1 atom stereocenters. The molecule has 0 aromatic heterocycles. The zero-order valence-electron chi connectivity index (χ0n) is 12.1. The SMILES string of the molecule is NC1CCc2cc(N3C(=O)c4ccccc4C3=O)ccc2C1. The third-order valence-electron chi connectivity index (χ3n) is 4.51. The molecule has 22 heavy (non-hydrogen) atoms. The lowest BCUT2D eigenvalue weighted by molar-refractivity contribution is 0.0926. The molecule has 4 heteroatoms. The maximum absolute atomic E-state index is 12.5. The van der Waals surface area contributed by atoms with Crippen molar-refractivity contribution in [3.63, 3.8) is 0 Å². The number of carbonyl (C=O) groups excluding carboxylic acids is 2. The molecule has 2 aromatic rings. The van der Waals surface area contributed by atoms with Gasteiger partial charge in [0.15, 0.2) is 0 Å². The first-order chi connectivity index (χ1) is 10.6.